The van der Waals surface area contributed by atoms with Gasteiger partial charge >= 0.3 is 0 Å². The summed E-state index contributed by atoms with van der Waals surface area (Å²) in [6.07, 6.45) is 0.659. The second-order valence-corrected chi connectivity index (χ2v) is 2.41. The van der Waals surface area contributed by atoms with Crippen LogP contribution in [0.3, 0.4) is 0 Å². The molecule has 1 N–H and O–H groups in total. The molecular formula is C7H8ClNO2. The van der Waals surface area contributed by atoms with Gasteiger partial charge in [0.15, 0.2) is 6.29 Å². The number of aliphatic hydroxyl groups is 1. The van der Waals surface area contributed by atoms with Crippen LogP contribution in [0.15, 0.2) is 18.3 Å². The zero-order valence-corrected chi connectivity index (χ0v) is 6.75. The first-order valence-corrected chi connectivity index (χ1v) is 3.53. The average molecular weight is 174 g/mol. The maximum Gasteiger partial charge on any atom is 0.234 e. The Labute approximate surface area is 69.6 Å². The average Bonchev–Trinajstić information content (AvgIpc) is 1.93. The Morgan fingerprint density at radius 2 is 2.45 bits per heavy atom. The molecule has 4 heteroatoms. The molecule has 1 heterocycles. The Bertz CT molecular complexity index is 240. The SMILES string of the molecule is CC(O)Oc1ncccc1Cl. The molecule has 0 amide bonds. The lowest BCUT2D eigenvalue weighted by Gasteiger charge is -2.07. The van der Waals surface area contributed by atoms with E-state index in [2.05, 4.69) is 4.98 Å². The highest BCUT2D eigenvalue weighted by atomic mass is 35.5. The van der Waals surface area contributed by atoms with Crippen molar-refractivity contribution in [1.82, 2.24) is 4.98 Å². The van der Waals surface area contributed by atoms with Crippen molar-refractivity contribution in [3.05, 3.63) is 23.4 Å². The number of aliphatic hydroxyl groups excluding tert-OH is 1. The van der Waals surface area contributed by atoms with E-state index in [4.69, 9.17) is 21.4 Å². The molecule has 0 aliphatic carbocycles. The highest BCUT2D eigenvalue weighted by Crippen LogP contribution is 2.20. The summed E-state index contributed by atoms with van der Waals surface area (Å²) in [5.74, 6) is 0.254. The smallest absolute Gasteiger partial charge is 0.234 e. The van der Waals surface area contributed by atoms with Crippen molar-refractivity contribution < 1.29 is 9.84 Å². The van der Waals surface area contributed by atoms with Crippen LogP contribution in [0.4, 0.5) is 0 Å². The Morgan fingerprint density at radius 1 is 1.73 bits per heavy atom. The molecule has 0 spiro atoms. The highest BCUT2D eigenvalue weighted by molar-refractivity contribution is 6.31. The first kappa shape index (κ1) is 8.30. The van der Waals surface area contributed by atoms with Gasteiger partial charge in [0, 0.05) is 6.20 Å². The molecule has 60 valence electrons. The largest absolute Gasteiger partial charge is 0.447 e. The van der Waals surface area contributed by atoms with Gasteiger partial charge in [-0.2, -0.15) is 0 Å². The van der Waals surface area contributed by atoms with Gasteiger partial charge in [0.2, 0.25) is 5.88 Å². The van der Waals surface area contributed by atoms with E-state index in [1.54, 1.807) is 18.3 Å². The topological polar surface area (TPSA) is 42.4 Å². The monoisotopic (exact) mass is 173 g/mol. The van der Waals surface area contributed by atoms with Crippen molar-refractivity contribution in [2.45, 2.75) is 13.2 Å². The van der Waals surface area contributed by atoms with Gasteiger partial charge in [-0.25, -0.2) is 4.98 Å². The molecule has 0 bridgehead atoms. The van der Waals surface area contributed by atoms with Gasteiger partial charge in [0.05, 0.1) is 0 Å². The predicted molar refractivity (Wildman–Crippen MR) is 41.6 cm³/mol. The van der Waals surface area contributed by atoms with Crippen LogP contribution in [0.2, 0.25) is 5.02 Å². The molecule has 1 aromatic heterocycles. The van der Waals surface area contributed by atoms with Gasteiger partial charge in [-0.05, 0) is 19.1 Å². The van der Waals surface area contributed by atoms with E-state index >= 15 is 0 Å². The van der Waals surface area contributed by atoms with Crippen LogP contribution in [0, 0.1) is 0 Å². The van der Waals surface area contributed by atoms with E-state index in [0.29, 0.717) is 5.02 Å². The van der Waals surface area contributed by atoms with Gasteiger partial charge < -0.3 is 9.84 Å². The Hall–Kier alpha value is -0.800. The van der Waals surface area contributed by atoms with Gasteiger partial charge in [-0.1, -0.05) is 11.6 Å². The molecule has 3 nitrogen and oxygen atoms in total. The number of hydrogen-bond donors (Lipinski definition) is 1. The lowest BCUT2D eigenvalue weighted by molar-refractivity contribution is -0.00360. The van der Waals surface area contributed by atoms with Crippen molar-refractivity contribution in [3.63, 3.8) is 0 Å². The van der Waals surface area contributed by atoms with Crippen molar-refractivity contribution in [3.8, 4) is 5.88 Å². The second kappa shape index (κ2) is 3.55. The summed E-state index contributed by atoms with van der Waals surface area (Å²) in [6.45, 7) is 1.49. The number of ether oxygens (including phenoxy) is 1. The van der Waals surface area contributed by atoms with E-state index in [0.717, 1.165) is 0 Å². The number of halogens is 1. The van der Waals surface area contributed by atoms with E-state index in [1.165, 1.54) is 6.92 Å². The standard InChI is InChI=1S/C7H8ClNO2/c1-5(10)11-7-6(8)3-2-4-9-7/h2-5,10H,1H3. The van der Waals surface area contributed by atoms with E-state index in [-0.39, 0.29) is 5.88 Å². The normalized spacial score (nSPS) is 12.6. The third kappa shape index (κ3) is 2.37. The van der Waals surface area contributed by atoms with Crippen LogP contribution < -0.4 is 4.74 Å². The van der Waals surface area contributed by atoms with Crippen molar-refractivity contribution in [2.24, 2.45) is 0 Å². The predicted octanol–water partition coefficient (Wildman–Crippen LogP) is 1.45. The van der Waals surface area contributed by atoms with Gasteiger partial charge in [0.25, 0.3) is 0 Å². The van der Waals surface area contributed by atoms with E-state index in [9.17, 15) is 0 Å². The first-order chi connectivity index (χ1) is 5.20. The second-order valence-electron chi connectivity index (χ2n) is 2.01. The molecule has 11 heavy (non-hydrogen) atoms. The summed E-state index contributed by atoms with van der Waals surface area (Å²) in [5.41, 5.74) is 0. The summed E-state index contributed by atoms with van der Waals surface area (Å²) in [5, 5.41) is 9.21. The Kier molecular flexibility index (Phi) is 2.68. The van der Waals surface area contributed by atoms with E-state index < -0.39 is 6.29 Å². The van der Waals surface area contributed by atoms with Crippen LogP contribution >= 0.6 is 11.6 Å². The fraction of sp³-hybridized carbons (Fsp3) is 0.286. The lowest BCUT2D eigenvalue weighted by Crippen LogP contribution is -2.10. The fourth-order valence-corrected chi connectivity index (χ4v) is 0.786. The maximum atomic E-state index is 8.81. The van der Waals surface area contributed by atoms with Crippen LogP contribution in [0.25, 0.3) is 0 Å². The number of nitrogens with zero attached hydrogens (tertiary/aromatic N) is 1. The van der Waals surface area contributed by atoms with Crippen LogP contribution in [-0.4, -0.2) is 16.4 Å². The molecule has 1 atom stereocenters. The quantitative estimate of drug-likeness (QED) is 0.689. The fourth-order valence-electron chi connectivity index (χ4n) is 0.619. The number of pyridine rings is 1. The third-order valence-electron chi connectivity index (χ3n) is 1.01. The molecular weight excluding hydrogens is 166 g/mol. The summed E-state index contributed by atoms with van der Waals surface area (Å²) in [4.78, 5) is 3.80. The third-order valence-corrected chi connectivity index (χ3v) is 1.29. The van der Waals surface area contributed by atoms with Crippen molar-refractivity contribution in [2.75, 3.05) is 0 Å². The van der Waals surface area contributed by atoms with Gasteiger partial charge in [-0.3, -0.25) is 0 Å². The van der Waals surface area contributed by atoms with Crippen LogP contribution in [-0.2, 0) is 0 Å². The summed E-state index contributed by atoms with van der Waals surface area (Å²) < 4.78 is 4.86. The summed E-state index contributed by atoms with van der Waals surface area (Å²) >= 11 is 5.67. The van der Waals surface area contributed by atoms with Crippen LogP contribution in [0.5, 0.6) is 5.88 Å². The Balaban J connectivity index is 2.78. The molecule has 0 saturated carbocycles. The van der Waals surface area contributed by atoms with Crippen molar-refractivity contribution >= 4 is 11.6 Å². The number of rotatable bonds is 2. The van der Waals surface area contributed by atoms with Gasteiger partial charge in [0.1, 0.15) is 5.02 Å². The maximum absolute atomic E-state index is 8.81. The van der Waals surface area contributed by atoms with Gasteiger partial charge in [-0.15, -0.1) is 0 Å². The molecule has 0 radical (unpaired) electrons. The molecule has 0 fully saturated rings. The molecule has 0 aliphatic heterocycles. The first-order valence-electron chi connectivity index (χ1n) is 3.15. The molecule has 0 saturated heterocycles. The van der Waals surface area contributed by atoms with Crippen LogP contribution in [0.1, 0.15) is 6.92 Å². The molecule has 0 aromatic carbocycles. The Morgan fingerprint density at radius 3 is 3.00 bits per heavy atom. The summed E-state index contributed by atoms with van der Waals surface area (Å²) in [6, 6.07) is 3.34. The lowest BCUT2D eigenvalue weighted by atomic mass is 10.5. The zero-order valence-electron chi connectivity index (χ0n) is 5.99. The molecule has 1 aromatic rings. The highest BCUT2D eigenvalue weighted by Gasteiger charge is 2.03. The minimum atomic E-state index is -0.887. The molecule has 1 unspecified atom stereocenters. The summed E-state index contributed by atoms with van der Waals surface area (Å²) in [7, 11) is 0. The minimum Gasteiger partial charge on any atom is -0.447 e. The van der Waals surface area contributed by atoms with Crippen molar-refractivity contribution in [1.29, 1.82) is 0 Å². The zero-order chi connectivity index (χ0) is 8.27. The number of aromatic nitrogens is 1. The number of hydrogen-bond acceptors (Lipinski definition) is 3. The molecule has 1 rings (SSSR count). The molecule has 0 aliphatic rings. The van der Waals surface area contributed by atoms with E-state index in [1.807, 2.05) is 0 Å². The minimum absolute atomic E-state index is 0.254.